The summed E-state index contributed by atoms with van der Waals surface area (Å²) >= 11 is 0. The molecule has 0 saturated carbocycles. The molecule has 106 valence electrons. The topological polar surface area (TPSA) is 44.4 Å². The quantitative estimate of drug-likeness (QED) is 0.772. The lowest BCUT2D eigenvalue weighted by atomic mass is 9.81. The van der Waals surface area contributed by atoms with Crippen molar-refractivity contribution in [1.82, 2.24) is 15.5 Å². The van der Waals surface area contributed by atoms with E-state index in [2.05, 4.69) is 36.3 Å². The molecule has 2 atom stereocenters. The van der Waals surface area contributed by atoms with Gasteiger partial charge in [0, 0.05) is 19.1 Å². The predicted octanol–water partition coefficient (Wildman–Crippen LogP) is 1.08. The van der Waals surface area contributed by atoms with E-state index in [1.807, 2.05) is 14.1 Å². The molecule has 2 unspecified atom stereocenters. The SMILES string of the molecule is CC(C)C(CN(C)C)NC(=O)C1(C)CCCNC1. The number of nitrogens with one attached hydrogen (secondary N) is 2. The van der Waals surface area contributed by atoms with Gasteiger partial charge >= 0.3 is 0 Å². The molecule has 18 heavy (non-hydrogen) atoms. The van der Waals surface area contributed by atoms with Crippen LogP contribution in [0.1, 0.15) is 33.6 Å². The van der Waals surface area contributed by atoms with Crippen LogP contribution in [-0.4, -0.2) is 50.6 Å². The Bertz CT molecular complexity index is 270. The second-order valence-electron chi connectivity index (χ2n) is 6.43. The molecule has 0 bridgehead atoms. The van der Waals surface area contributed by atoms with E-state index in [1.54, 1.807) is 0 Å². The Morgan fingerprint density at radius 1 is 1.44 bits per heavy atom. The first-order valence-electron chi connectivity index (χ1n) is 7.01. The minimum Gasteiger partial charge on any atom is -0.351 e. The van der Waals surface area contributed by atoms with Crippen molar-refractivity contribution in [2.75, 3.05) is 33.7 Å². The van der Waals surface area contributed by atoms with Gasteiger partial charge in [0.2, 0.25) is 5.91 Å². The molecule has 1 fully saturated rings. The van der Waals surface area contributed by atoms with Crippen molar-refractivity contribution in [2.24, 2.45) is 11.3 Å². The highest BCUT2D eigenvalue weighted by Crippen LogP contribution is 2.26. The Morgan fingerprint density at radius 3 is 2.56 bits per heavy atom. The maximum atomic E-state index is 12.4. The number of piperidine rings is 1. The van der Waals surface area contributed by atoms with E-state index in [0.717, 1.165) is 32.5 Å². The van der Waals surface area contributed by atoms with E-state index < -0.39 is 0 Å². The average Bonchev–Trinajstić information content (AvgIpc) is 2.28. The third-order valence-electron chi connectivity index (χ3n) is 3.83. The second-order valence-corrected chi connectivity index (χ2v) is 6.43. The van der Waals surface area contributed by atoms with Gasteiger partial charge in [0.1, 0.15) is 0 Å². The van der Waals surface area contributed by atoms with Gasteiger partial charge < -0.3 is 15.5 Å². The van der Waals surface area contributed by atoms with Crippen LogP contribution in [0, 0.1) is 11.3 Å². The summed E-state index contributed by atoms with van der Waals surface area (Å²) in [5, 5.41) is 6.57. The molecule has 0 aromatic heterocycles. The Balaban J connectivity index is 2.59. The van der Waals surface area contributed by atoms with Crippen molar-refractivity contribution in [2.45, 2.75) is 39.7 Å². The van der Waals surface area contributed by atoms with E-state index >= 15 is 0 Å². The summed E-state index contributed by atoms with van der Waals surface area (Å²) in [6, 6.07) is 0.228. The highest BCUT2D eigenvalue weighted by atomic mass is 16.2. The molecular weight excluding hydrogens is 226 g/mol. The van der Waals surface area contributed by atoms with Gasteiger partial charge in [-0.2, -0.15) is 0 Å². The molecule has 4 heteroatoms. The smallest absolute Gasteiger partial charge is 0.227 e. The molecule has 1 aliphatic rings. The maximum absolute atomic E-state index is 12.4. The maximum Gasteiger partial charge on any atom is 0.227 e. The van der Waals surface area contributed by atoms with Crippen LogP contribution in [0.5, 0.6) is 0 Å². The van der Waals surface area contributed by atoms with E-state index in [9.17, 15) is 4.79 Å². The van der Waals surface area contributed by atoms with Gasteiger partial charge in [-0.15, -0.1) is 0 Å². The normalized spacial score (nSPS) is 26.4. The number of nitrogens with zero attached hydrogens (tertiary/aromatic N) is 1. The van der Waals surface area contributed by atoms with Crippen molar-refractivity contribution < 1.29 is 4.79 Å². The van der Waals surface area contributed by atoms with E-state index in [0.29, 0.717) is 5.92 Å². The zero-order chi connectivity index (χ0) is 13.8. The number of carbonyl (C=O) groups is 1. The second kappa shape index (κ2) is 6.53. The molecule has 1 saturated heterocycles. The average molecular weight is 255 g/mol. The molecule has 1 rings (SSSR count). The zero-order valence-corrected chi connectivity index (χ0v) is 12.5. The molecule has 0 spiro atoms. The number of carbonyl (C=O) groups excluding carboxylic acids is 1. The van der Waals surface area contributed by atoms with Gasteiger partial charge in [0.15, 0.2) is 0 Å². The third kappa shape index (κ3) is 4.25. The molecule has 0 aromatic rings. The Hall–Kier alpha value is -0.610. The Kier molecular flexibility index (Phi) is 5.60. The highest BCUT2D eigenvalue weighted by Gasteiger charge is 2.35. The minimum atomic E-state index is -0.238. The van der Waals surface area contributed by atoms with E-state index in [4.69, 9.17) is 0 Å². The lowest BCUT2D eigenvalue weighted by molar-refractivity contribution is -0.132. The first kappa shape index (κ1) is 15.4. The number of likely N-dealkylation sites (N-methyl/N-ethyl adjacent to an activating group) is 1. The van der Waals surface area contributed by atoms with Crippen molar-refractivity contribution in [3.63, 3.8) is 0 Å². The summed E-state index contributed by atoms with van der Waals surface area (Å²) in [4.78, 5) is 14.6. The minimum absolute atomic E-state index is 0.204. The fourth-order valence-corrected chi connectivity index (χ4v) is 2.41. The van der Waals surface area contributed by atoms with Crippen LogP contribution in [0.2, 0.25) is 0 Å². The zero-order valence-electron chi connectivity index (χ0n) is 12.5. The van der Waals surface area contributed by atoms with Gasteiger partial charge in [-0.05, 0) is 46.3 Å². The van der Waals surface area contributed by atoms with Crippen molar-refractivity contribution >= 4 is 5.91 Å². The first-order chi connectivity index (χ1) is 8.35. The van der Waals surface area contributed by atoms with Crippen molar-refractivity contribution in [3.05, 3.63) is 0 Å². The monoisotopic (exact) mass is 255 g/mol. The number of amides is 1. The summed E-state index contributed by atoms with van der Waals surface area (Å²) < 4.78 is 0. The van der Waals surface area contributed by atoms with Crippen LogP contribution < -0.4 is 10.6 Å². The van der Waals surface area contributed by atoms with Crippen LogP contribution in [0.15, 0.2) is 0 Å². The summed E-state index contributed by atoms with van der Waals surface area (Å²) in [5.41, 5.74) is -0.238. The molecule has 1 amide bonds. The number of hydrogen-bond acceptors (Lipinski definition) is 3. The fraction of sp³-hybridized carbons (Fsp3) is 0.929. The molecule has 0 aliphatic carbocycles. The summed E-state index contributed by atoms with van der Waals surface area (Å²) in [7, 11) is 4.09. The molecular formula is C14H29N3O. The fourth-order valence-electron chi connectivity index (χ4n) is 2.41. The third-order valence-corrected chi connectivity index (χ3v) is 3.83. The molecule has 1 heterocycles. The molecule has 1 aliphatic heterocycles. The summed E-state index contributed by atoms with van der Waals surface area (Å²) in [6.07, 6.45) is 2.07. The summed E-state index contributed by atoms with van der Waals surface area (Å²) in [6.45, 7) is 9.13. The lowest BCUT2D eigenvalue weighted by Gasteiger charge is -2.35. The molecule has 0 aromatic carbocycles. The van der Waals surface area contributed by atoms with Crippen LogP contribution >= 0.6 is 0 Å². The van der Waals surface area contributed by atoms with Crippen molar-refractivity contribution in [3.8, 4) is 0 Å². The number of hydrogen-bond donors (Lipinski definition) is 2. The van der Waals surface area contributed by atoms with Gasteiger partial charge in [0.05, 0.1) is 5.41 Å². The van der Waals surface area contributed by atoms with Crippen LogP contribution in [0.25, 0.3) is 0 Å². The predicted molar refractivity (Wildman–Crippen MR) is 75.5 cm³/mol. The first-order valence-corrected chi connectivity index (χ1v) is 7.01. The van der Waals surface area contributed by atoms with Gasteiger partial charge in [-0.25, -0.2) is 0 Å². The number of rotatable bonds is 5. The largest absolute Gasteiger partial charge is 0.351 e. The molecule has 0 radical (unpaired) electrons. The van der Waals surface area contributed by atoms with Gasteiger partial charge in [0.25, 0.3) is 0 Å². The highest BCUT2D eigenvalue weighted by molar-refractivity contribution is 5.83. The summed E-state index contributed by atoms with van der Waals surface area (Å²) in [5.74, 6) is 0.659. The van der Waals surface area contributed by atoms with Gasteiger partial charge in [-0.1, -0.05) is 13.8 Å². The van der Waals surface area contributed by atoms with Crippen LogP contribution in [-0.2, 0) is 4.79 Å². The lowest BCUT2D eigenvalue weighted by Crippen LogP contribution is -2.54. The van der Waals surface area contributed by atoms with Crippen LogP contribution in [0.3, 0.4) is 0 Å². The Morgan fingerprint density at radius 2 is 2.11 bits per heavy atom. The Labute approximate surface area is 111 Å². The molecule has 2 N–H and O–H groups in total. The van der Waals surface area contributed by atoms with E-state index in [1.165, 1.54) is 0 Å². The molecule has 4 nitrogen and oxygen atoms in total. The van der Waals surface area contributed by atoms with E-state index in [-0.39, 0.29) is 17.4 Å². The standard InChI is InChI=1S/C14H29N3O/c1-11(2)12(9-17(4)5)16-13(18)14(3)7-6-8-15-10-14/h11-12,15H,6-10H2,1-5H3,(H,16,18). The van der Waals surface area contributed by atoms with Crippen LogP contribution in [0.4, 0.5) is 0 Å². The van der Waals surface area contributed by atoms with Gasteiger partial charge in [-0.3, -0.25) is 4.79 Å². The van der Waals surface area contributed by atoms with Crippen molar-refractivity contribution in [1.29, 1.82) is 0 Å².